The van der Waals surface area contributed by atoms with Crippen molar-refractivity contribution in [2.24, 2.45) is 11.8 Å². The summed E-state index contributed by atoms with van der Waals surface area (Å²) in [7, 11) is 0. The predicted octanol–water partition coefficient (Wildman–Crippen LogP) is 3.20. The van der Waals surface area contributed by atoms with Gasteiger partial charge in [-0.1, -0.05) is 13.8 Å². The van der Waals surface area contributed by atoms with E-state index in [2.05, 4.69) is 46.9 Å². The molecular weight excluding hydrogens is 158 g/mol. The first-order valence-corrected chi connectivity index (χ1v) is 5.54. The second-order valence-corrected chi connectivity index (χ2v) is 6.12. The van der Waals surface area contributed by atoms with Crippen LogP contribution in [0.3, 0.4) is 0 Å². The van der Waals surface area contributed by atoms with Crippen molar-refractivity contribution < 1.29 is 0 Å². The highest BCUT2D eigenvalue weighted by molar-refractivity contribution is 4.99. The van der Waals surface area contributed by atoms with Crippen molar-refractivity contribution in [1.29, 1.82) is 0 Å². The molecule has 1 rings (SSSR count). The summed E-state index contributed by atoms with van der Waals surface area (Å²) in [4.78, 5) is 0. The lowest BCUT2D eigenvalue weighted by Gasteiger charge is -2.49. The Kier molecular flexibility index (Phi) is 2.78. The highest BCUT2D eigenvalue weighted by Gasteiger charge is 2.40. The van der Waals surface area contributed by atoms with E-state index in [4.69, 9.17) is 0 Å². The zero-order chi connectivity index (χ0) is 10.3. The van der Waals surface area contributed by atoms with Gasteiger partial charge in [-0.2, -0.15) is 0 Å². The van der Waals surface area contributed by atoms with Gasteiger partial charge in [-0.05, 0) is 52.4 Å². The van der Waals surface area contributed by atoms with Crippen LogP contribution in [-0.2, 0) is 0 Å². The van der Waals surface area contributed by atoms with Crippen LogP contribution in [0.15, 0.2) is 0 Å². The Morgan fingerprint density at radius 1 is 1.15 bits per heavy atom. The first-order valence-electron chi connectivity index (χ1n) is 5.54. The molecule has 0 bridgehead atoms. The maximum Gasteiger partial charge on any atom is 0.0160 e. The number of hydrogen-bond acceptors (Lipinski definition) is 1. The van der Waals surface area contributed by atoms with Gasteiger partial charge < -0.3 is 5.32 Å². The maximum absolute atomic E-state index is 3.76. The lowest BCUT2D eigenvalue weighted by atomic mass is 9.70. The molecule has 1 atom stereocenters. The van der Waals surface area contributed by atoms with Crippen LogP contribution in [0, 0.1) is 11.8 Å². The van der Waals surface area contributed by atoms with Crippen LogP contribution in [0.4, 0.5) is 0 Å². The summed E-state index contributed by atoms with van der Waals surface area (Å²) in [5.41, 5.74) is 0.630. The van der Waals surface area contributed by atoms with Crippen LogP contribution in [-0.4, -0.2) is 11.1 Å². The van der Waals surface area contributed by atoms with Gasteiger partial charge in [0.15, 0.2) is 0 Å². The maximum atomic E-state index is 3.76. The summed E-state index contributed by atoms with van der Waals surface area (Å²) in [6, 6.07) is 0. The fourth-order valence-electron chi connectivity index (χ4n) is 3.07. The van der Waals surface area contributed by atoms with Gasteiger partial charge in [0.1, 0.15) is 0 Å². The Bertz CT molecular complexity index is 180. The fraction of sp³-hybridized carbons (Fsp3) is 1.00. The van der Waals surface area contributed by atoms with Gasteiger partial charge in [-0.3, -0.25) is 0 Å². The first-order chi connectivity index (χ1) is 5.75. The smallest absolute Gasteiger partial charge is 0.0160 e. The molecule has 0 aliphatic carbocycles. The van der Waals surface area contributed by atoms with E-state index in [9.17, 15) is 0 Å². The topological polar surface area (TPSA) is 12.0 Å². The van der Waals surface area contributed by atoms with Gasteiger partial charge in [-0.25, -0.2) is 0 Å². The van der Waals surface area contributed by atoms with Gasteiger partial charge in [0.25, 0.3) is 0 Å². The van der Waals surface area contributed by atoms with E-state index in [0.717, 1.165) is 11.8 Å². The Morgan fingerprint density at radius 2 is 1.69 bits per heavy atom. The van der Waals surface area contributed by atoms with Crippen molar-refractivity contribution in [2.75, 3.05) is 0 Å². The largest absolute Gasteiger partial charge is 0.307 e. The summed E-state index contributed by atoms with van der Waals surface area (Å²) in [5.74, 6) is 1.61. The van der Waals surface area contributed by atoms with Crippen molar-refractivity contribution in [3.05, 3.63) is 0 Å². The van der Waals surface area contributed by atoms with Crippen LogP contribution in [0.5, 0.6) is 0 Å². The van der Waals surface area contributed by atoms with Crippen molar-refractivity contribution in [1.82, 2.24) is 5.32 Å². The fourth-order valence-corrected chi connectivity index (χ4v) is 3.07. The van der Waals surface area contributed by atoms with Crippen molar-refractivity contribution >= 4 is 0 Å². The van der Waals surface area contributed by atoms with Crippen molar-refractivity contribution in [3.63, 3.8) is 0 Å². The van der Waals surface area contributed by atoms with Crippen LogP contribution in [0.1, 0.15) is 54.4 Å². The van der Waals surface area contributed by atoms with Gasteiger partial charge >= 0.3 is 0 Å². The van der Waals surface area contributed by atoms with Gasteiger partial charge in [0, 0.05) is 11.1 Å². The molecule has 1 fully saturated rings. The Hall–Kier alpha value is -0.0400. The number of nitrogens with one attached hydrogen (secondary N) is 1. The van der Waals surface area contributed by atoms with E-state index < -0.39 is 0 Å². The minimum absolute atomic E-state index is 0.302. The molecule has 1 heterocycles. The molecule has 1 saturated heterocycles. The molecule has 0 radical (unpaired) electrons. The molecule has 0 amide bonds. The third-order valence-electron chi connectivity index (χ3n) is 3.47. The Balaban J connectivity index is 2.73. The van der Waals surface area contributed by atoms with Gasteiger partial charge in [-0.15, -0.1) is 0 Å². The third-order valence-corrected chi connectivity index (χ3v) is 3.47. The van der Waals surface area contributed by atoms with Crippen LogP contribution < -0.4 is 5.32 Å². The molecule has 1 heteroatoms. The van der Waals surface area contributed by atoms with Crippen molar-refractivity contribution in [3.8, 4) is 0 Å². The summed E-state index contributed by atoms with van der Waals surface area (Å²) in [5, 5.41) is 3.76. The number of hydrogen-bond donors (Lipinski definition) is 1. The molecule has 13 heavy (non-hydrogen) atoms. The molecule has 1 N–H and O–H groups in total. The van der Waals surface area contributed by atoms with E-state index >= 15 is 0 Å². The minimum atomic E-state index is 0.302. The van der Waals surface area contributed by atoms with E-state index in [1.807, 2.05) is 0 Å². The highest BCUT2D eigenvalue weighted by atomic mass is 15.1. The van der Waals surface area contributed by atoms with E-state index in [0.29, 0.717) is 11.1 Å². The lowest BCUT2D eigenvalue weighted by molar-refractivity contribution is 0.0816. The van der Waals surface area contributed by atoms with Gasteiger partial charge in [0.05, 0.1) is 0 Å². The number of piperidine rings is 1. The molecule has 0 saturated carbocycles. The van der Waals surface area contributed by atoms with Crippen LogP contribution in [0.2, 0.25) is 0 Å². The quantitative estimate of drug-likeness (QED) is 0.658. The average Bonchev–Trinajstić information content (AvgIpc) is 1.79. The molecule has 1 nitrogen and oxygen atoms in total. The molecule has 0 aromatic carbocycles. The van der Waals surface area contributed by atoms with Crippen LogP contribution >= 0.6 is 0 Å². The second-order valence-electron chi connectivity index (χ2n) is 6.12. The zero-order valence-corrected chi connectivity index (χ0v) is 10.1. The summed E-state index contributed by atoms with van der Waals surface area (Å²) in [6.45, 7) is 14.0. The first kappa shape index (κ1) is 11.0. The summed E-state index contributed by atoms with van der Waals surface area (Å²) in [6.07, 6.45) is 2.67. The van der Waals surface area contributed by atoms with Crippen molar-refractivity contribution in [2.45, 2.75) is 65.5 Å². The summed E-state index contributed by atoms with van der Waals surface area (Å²) >= 11 is 0. The normalized spacial score (nSPS) is 32.1. The molecule has 1 aliphatic heterocycles. The monoisotopic (exact) mass is 183 g/mol. The zero-order valence-electron chi connectivity index (χ0n) is 10.1. The van der Waals surface area contributed by atoms with Gasteiger partial charge in [0.2, 0.25) is 0 Å². The molecule has 78 valence electrons. The SMILES string of the molecule is CC(C)C1CCC(C)(C)NC1(C)C. The van der Waals surface area contributed by atoms with E-state index in [-0.39, 0.29) is 0 Å². The van der Waals surface area contributed by atoms with E-state index in [1.165, 1.54) is 12.8 Å². The predicted molar refractivity (Wildman–Crippen MR) is 58.9 cm³/mol. The second kappa shape index (κ2) is 3.27. The Labute approximate surface area is 83.3 Å². The molecule has 1 unspecified atom stereocenters. The third kappa shape index (κ3) is 2.46. The standard InChI is InChI=1S/C12H25N/c1-9(2)10-7-8-11(3,4)13-12(10,5)6/h9-10,13H,7-8H2,1-6H3. The molecule has 0 aromatic rings. The molecule has 0 aromatic heterocycles. The average molecular weight is 183 g/mol. The number of rotatable bonds is 1. The summed E-state index contributed by atoms with van der Waals surface area (Å²) < 4.78 is 0. The Morgan fingerprint density at radius 3 is 2.08 bits per heavy atom. The lowest BCUT2D eigenvalue weighted by Crippen LogP contribution is -2.60. The molecule has 1 aliphatic rings. The minimum Gasteiger partial charge on any atom is -0.307 e. The molecule has 0 spiro atoms. The van der Waals surface area contributed by atoms with E-state index in [1.54, 1.807) is 0 Å². The highest BCUT2D eigenvalue weighted by Crippen LogP contribution is 2.37. The molecular formula is C12H25N. The van der Waals surface area contributed by atoms with Crippen LogP contribution in [0.25, 0.3) is 0 Å².